The third-order valence-electron chi connectivity index (χ3n) is 5.53. The second-order valence-corrected chi connectivity index (χ2v) is 7.75. The van der Waals surface area contributed by atoms with Crippen molar-refractivity contribution in [2.45, 2.75) is 38.4 Å². The maximum absolute atomic E-state index is 14.1. The SMILES string of the molecule is Cc1ccc(F)c2c1C(CCNc1cc(Nc3ccc(C(F)(F)F)cn3)ncn1)C(C)N2. The normalized spacial score (nSPS) is 17.6. The molecule has 3 heterocycles. The molecule has 4 rings (SSSR count). The van der Waals surface area contributed by atoms with Crippen molar-refractivity contribution in [2.24, 2.45) is 0 Å². The Kier molecular flexibility index (Phi) is 5.86. The number of anilines is 4. The molecule has 6 nitrogen and oxygen atoms in total. The van der Waals surface area contributed by atoms with Gasteiger partial charge in [0.15, 0.2) is 0 Å². The molecule has 0 fully saturated rings. The zero-order valence-corrected chi connectivity index (χ0v) is 17.5. The van der Waals surface area contributed by atoms with Crippen LogP contribution >= 0.6 is 0 Å². The molecule has 0 saturated carbocycles. The van der Waals surface area contributed by atoms with Gasteiger partial charge in [-0.15, -0.1) is 0 Å². The summed E-state index contributed by atoms with van der Waals surface area (Å²) in [4.78, 5) is 12.0. The average Bonchev–Trinajstić information content (AvgIpc) is 3.08. The van der Waals surface area contributed by atoms with Crippen molar-refractivity contribution in [3.05, 3.63) is 65.4 Å². The summed E-state index contributed by atoms with van der Waals surface area (Å²) in [7, 11) is 0. The number of nitrogens with zero attached hydrogens (tertiary/aromatic N) is 3. The van der Waals surface area contributed by atoms with E-state index in [1.807, 2.05) is 13.8 Å². The minimum absolute atomic E-state index is 0.107. The van der Waals surface area contributed by atoms with Gasteiger partial charge in [-0.1, -0.05) is 6.07 Å². The standard InChI is InChI=1S/C22H22F4N6/c1-12-3-5-16(23)21-20(12)15(13(2)31-21)7-8-27-18-9-19(30-11-29-18)32-17-6-4-14(10-28-17)22(24,25)26/h3-6,9-11,13,15,31H,7-8H2,1-2H3,(H2,27,28,29,30,32). The van der Waals surface area contributed by atoms with E-state index in [1.54, 1.807) is 12.1 Å². The van der Waals surface area contributed by atoms with Crippen molar-refractivity contribution in [1.29, 1.82) is 0 Å². The lowest BCUT2D eigenvalue weighted by atomic mass is 9.89. The summed E-state index contributed by atoms with van der Waals surface area (Å²) < 4.78 is 52.1. The molecule has 0 radical (unpaired) electrons. The molecule has 0 spiro atoms. The summed E-state index contributed by atoms with van der Waals surface area (Å²) in [6.07, 6.45) is -1.56. The van der Waals surface area contributed by atoms with E-state index < -0.39 is 11.7 Å². The Morgan fingerprint density at radius 3 is 2.53 bits per heavy atom. The van der Waals surface area contributed by atoms with E-state index in [1.165, 1.54) is 18.5 Å². The van der Waals surface area contributed by atoms with Gasteiger partial charge in [-0.3, -0.25) is 0 Å². The summed E-state index contributed by atoms with van der Waals surface area (Å²) in [5.41, 5.74) is 1.83. The fraction of sp³-hybridized carbons (Fsp3) is 0.318. The van der Waals surface area contributed by atoms with Crippen LogP contribution in [0.5, 0.6) is 0 Å². The number of hydrogen-bond acceptors (Lipinski definition) is 6. The summed E-state index contributed by atoms with van der Waals surface area (Å²) >= 11 is 0. The second-order valence-electron chi connectivity index (χ2n) is 7.75. The van der Waals surface area contributed by atoms with Gasteiger partial charge in [-0.2, -0.15) is 13.2 Å². The van der Waals surface area contributed by atoms with Gasteiger partial charge in [0.25, 0.3) is 0 Å². The van der Waals surface area contributed by atoms with Gasteiger partial charge in [0, 0.05) is 30.8 Å². The summed E-state index contributed by atoms with van der Waals surface area (Å²) in [5, 5.41) is 9.34. The highest BCUT2D eigenvalue weighted by atomic mass is 19.4. The van der Waals surface area contributed by atoms with E-state index in [-0.39, 0.29) is 23.6 Å². The molecule has 32 heavy (non-hydrogen) atoms. The van der Waals surface area contributed by atoms with Gasteiger partial charge in [0.2, 0.25) is 0 Å². The first-order valence-corrected chi connectivity index (χ1v) is 10.1. The van der Waals surface area contributed by atoms with Gasteiger partial charge in [-0.25, -0.2) is 19.3 Å². The zero-order chi connectivity index (χ0) is 22.9. The first kappa shape index (κ1) is 21.8. The molecule has 1 aliphatic heterocycles. The molecular formula is C22H22F4N6. The Labute approximate surface area is 182 Å². The van der Waals surface area contributed by atoms with Crippen LogP contribution in [-0.2, 0) is 6.18 Å². The molecule has 2 aromatic heterocycles. The Morgan fingerprint density at radius 2 is 1.81 bits per heavy atom. The first-order valence-electron chi connectivity index (χ1n) is 10.1. The summed E-state index contributed by atoms with van der Waals surface area (Å²) in [6.45, 7) is 4.62. The van der Waals surface area contributed by atoms with Crippen LogP contribution in [0.25, 0.3) is 0 Å². The third kappa shape index (κ3) is 4.58. The van der Waals surface area contributed by atoms with Gasteiger partial charge in [0.05, 0.1) is 11.3 Å². The fourth-order valence-corrected chi connectivity index (χ4v) is 3.94. The number of aromatic nitrogens is 3. The lowest BCUT2D eigenvalue weighted by Crippen LogP contribution is -2.19. The maximum atomic E-state index is 14.1. The van der Waals surface area contributed by atoms with E-state index in [2.05, 4.69) is 30.9 Å². The van der Waals surface area contributed by atoms with E-state index in [0.717, 1.165) is 29.8 Å². The monoisotopic (exact) mass is 446 g/mol. The van der Waals surface area contributed by atoms with E-state index in [4.69, 9.17) is 0 Å². The third-order valence-corrected chi connectivity index (χ3v) is 5.53. The van der Waals surface area contributed by atoms with Crippen LogP contribution in [0.2, 0.25) is 0 Å². The van der Waals surface area contributed by atoms with Crippen molar-refractivity contribution in [3.63, 3.8) is 0 Å². The van der Waals surface area contributed by atoms with Crippen molar-refractivity contribution < 1.29 is 17.6 Å². The van der Waals surface area contributed by atoms with Crippen LogP contribution in [0.15, 0.2) is 42.9 Å². The van der Waals surface area contributed by atoms with Crippen molar-refractivity contribution in [2.75, 3.05) is 22.5 Å². The van der Waals surface area contributed by atoms with E-state index in [9.17, 15) is 17.6 Å². The molecular weight excluding hydrogens is 424 g/mol. The molecule has 0 bridgehead atoms. The predicted molar refractivity (Wildman–Crippen MR) is 115 cm³/mol. The molecule has 10 heteroatoms. The second kappa shape index (κ2) is 8.60. The fourth-order valence-electron chi connectivity index (χ4n) is 3.94. The van der Waals surface area contributed by atoms with Crippen LogP contribution in [0.4, 0.5) is 40.7 Å². The number of alkyl halides is 3. The molecule has 2 atom stereocenters. The van der Waals surface area contributed by atoms with Crippen LogP contribution in [0, 0.1) is 12.7 Å². The molecule has 0 amide bonds. The Bertz CT molecular complexity index is 1100. The number of halogens is 4. The molecule has 0 aliphatic carbocycles. The molecule has 3 N–H and O–H groups in total. The number of benzene rings is 1. The van der Waals surface area contributed by atoms with E-state index in [0.29, 0.717) is 23.9 Å². The zero-order valence-electron chi connectivity index (χ0n) is 17.5. The number of aryl methyl sites for hydroxylation is 1. The Morgan fingerprint density at radius 1 is 1.03 bits per heavy atom. The number of pyridine rings is 1. The van der Waals surface area contributed by atoms with Gasteiger partial charge in [0.1, 0.15) is 29.6 Å². The van der Waals surface area contributed by atoms with Gasteiger partial charge in [-0.05, 0) is 49.6 Å². The Hall–Kier alpha value is -3.43. The predicted octanol–water partition coefficient (Wildman–Crippen LogP) is 5.48. The highest BCUT2D eigenvalue weighted by molar-refractivity contribution is 5.63. The number of rotatable bonds is 6. The molecule has 0 saturated heterocycles. The quantitative estimate of drug-likeness (QED) is 0.436. The largest absolute Gasteiger partial charge is 0.417 e. The molecule has 3 aromatic rings. The van der Waals surface area contributed by atoms with Gasteiger partial charge >= 0.3 is 6.18 Å². The van der Waals surface area contributed by atoms with Gasteiger partial charge < -0.3 is 16.0 Å². The summed E-state index contributed by atoms with van der Waals surface area (Å²) in [6, 6.07) is 7.23. The van der Waals surface area contributed by atoms with E-state index >= 15 is 0 Å². The van der Waals surface area contributed by atoms with Crippen LogP contribution in [0.3, 0.4) is 0 Å². The van der Waals surface area contributed by atoms with Crippen molar-refractivity contribution in [3.8, 4) is 0 Å². The number of fused-ring (bicyclic) bond motifs is 1. The minimum Gasteiger partial charge on any atom is -0.379 e. The average molecular weight is 446 g/mol. The lowest BCUT2D eigenvalue weighted by molar-refractivity contribution is -0.137. The minimum atomic E-state index is -4.44. The van der Waals surface area contributed by atoms with Crippen LogP contribution in [-0.4, -0.2) is 27.5 Å². The highest BCUT2D eigenvalue weighted by Gasteiger charge is 2.32. The first-order chi connectivity index (χ1) is 15.2. The molecule has 1 aromatic carbocycles. The van der Waals surface area contributed by atoms with Crippen molar-refractivity contribution >= 4 is 23.1 Å². The number of nitrogens with one attached hydrogen (secondary N) is 3. The molecule has 2 unspecified atom stereocenters. The maximum Gasteiger partial charge on any atom is 0.417 e. The Balaban J connectivity index is 1.38. The van der Waals surface area contributed by atoms with Crippen LogP contribution in [0.1, 0.15) is 36.0 Å². The lowest BCUT2D eigenvalue weighted by Gasteiger charge is -2.18. The smallest absolute Gasteiger partial charge is 0.379 e. The number of hydrogen-bond donors (Lipinski definition) is 3. The van der Waals surface area contributed by atoms with Crippen molar-refractivity contribution in [1.82, 2.24) is 15.0 Å². The molecule has 168 valence electrons. The topological polar surface area (TPSA) is 74.8 Å². The molecule has 1 aliphatic rings. The highest BCUT2D eigenvalue weighted by Crippen LogP contribution is 2.41. The summed E-state index contributed by atoms with van der Waals surface area (Å²) in [5.74, 6) is 1.11. The van der Waals surface area contributed by atoms with Crippen LogP contribution < -0.4 is 16.0 Å².